The van der Waals surface area contributed by atoms with Crippen molar-refractivity contribution in [1.82, 2.24) is 19.5 Å². The van der Waals surface area contributed by atoms with E-state index in [1.54, 1.807) is 0 Å². The minimum absolute atomic E-state index is 0. The lowest BCUT2D eigenvalue weighted by molar-refractivity contribution is -0.121. The van der Waals surface area contributed by atoms with Crippen molar-refractivity contribution >= 4 is 22.8 Å². The molecule has 1 amide bonds. The van der Waals surface area contributed by atoms with E-state index >= 15 is 0 Å². The fourth-order valence-electron chi connectivity index (χ4n) is 4.33. The summed E-state index contributed by atoms with van der Waals surface area (Å²) in [6.45, 7) is 1.96. The molecule has 6 nitrogen and oxygen atoms in total. The predicted molar refractivity (Wildman–Crippen MR) is 118 cm³/mol. The number of allylic oxidation sites excluding steroid dienone is 1. The number of carbonyl (C=O) groups is 1. The molecule has 0 spiro atoms. The van der Waals surface area contributed by atoms with Gasteiger partial charge in [0.05, 0.1) is 11.2 Å². The fourth-order valence-corrected chi connectivity index (χ4v) is 4.33. The van der Waals surface area contributed by atoms with Gasteiger partial charge in [-0.25, -0.2) is 9.50 Å². The molecular weight excluding hydrogens is 362 g/mol. The Bertz CT molecular complexity index is 1100. The molecule has 0 saturated carbocycles. The second-order valence-electron chi connectivity index (χ2n) is 8.03. The van der Waals surface area contributed by atoms with E-state index in [1.807, 2.05) is 29.0 Å². The summed E-state index contributed by atoms with van der Waals surface area (Å²) in [6.07, 6.45) is 9.75. The lowest BCUT2D eigenvalue weighted by Crippen LogP contribution is -2.36. The van der Waals surface area contributed by atoms with Gasteiger partial charge in [0.2, 0.25) is 5.91 Å². The maximum absolute atomic E-state index is 12.6. The SMILES string of the molecule is CN1CCC(C(=O)Nc2ccc3c(n2)CCC=C3c2ccn3nccc3c2)CC1.[HH].[HH]. The topological polar surface area (TPSA) is 62.5 Å². The van der Waals surface area contributed by atoms with Gasteiger partial charge in [0.15, 0.2) is 0 Å². The summed E-state index contributed by atoms with van der Waals surface area (Å²) in [5.74, 6) is 0.852. The van der Waals surface area contributed by atoms with Crippen molar-refractivity contribution in [3.63, 3.8) is 0 Å². The van der Waals surface area contributed by atoms with Crippen LogP contribution in [0.25, 0.3) is 11.1 Å². The smallest absolute Gasteiger partial charge is 0.228 e. The molecule has 5 rings (SSSR count). The highest BCUT2D eigenvalue weighted by Crippen LogP contribution is 2.32. The second kappa shape index (κ2) is 7.44. The van der Waals surface area contributed by atoms with Crippen LogP contribution in [0.2, 0.25) is 0 Å². The number of aryl methyl sites for hydroxylation is 1. The average Bonchev–Trinajstić information content (AvgIpc) is 3.21. The standard InChI is InChI=1S/C23H25N5O.2H2/c1-27-12-8-16(9-13-27)23(29)26-22-6-5-20-19(3-2-4-21(20)25-22)17-10-14-28-18(15-17)7-11-24-28;;/h3,5-7,10-11,14-16H,2,4,8-9,12-13H2,1H3,(H,25,26,29);2*1H. The van der Waals surface area contributed by atoms with Crippen LogP contribution in [0.4, 0.5) is 5.82 Å². The third-order valence-electron chi connectivity index (χ3n) is 6.05. The van der Waals surface area contributed by atoms with Crippen LogP contribution in [-0.2, 0) is 11.2 Å². The minimum Gasteiger partial charge on any atom is -0.310 e. The summed E-state index contributed by atoms with van der Waals surface area (Å²) in [5, 5.41) is 7.33. The molecule has 152 valence electrons. The maximum Gasteiger partial charge on any atom is 0.228 e. The summed E-state index contributed by atoms with van der Waals surface area (Å²) in [7, 11) is 2.11. The molecule has 0 radical (unpaired) electrons. The van der Waals surface area contributed by atoms with Gasteiger partial charge in [-0.3, -0.25) is 4.79 Å². The Kier molecular flexibility index (Phi) is 4.64. The zero-order chi connectivity index (χ0) is 19.8. The largest absolute Gasteiger partial charge is 0.310 e. The van der Waals surface area contributed by atoms with Gasteiger partial charge < -0.3 is 10.2 Å². The molecule has 1 saturated heterocycles. The zero-order valence-electron chi connectivity index (χ0n) is 16.6. The molecule has 1 N–H and O–H groups in total. The third kappa shape index (κ3) is 3.56. The number of aromatic nitrogens is 3. The van der Waals surface area contributed by atoms with E-state index in [1.165, 1.54) is 11.1 Å². The van der Waals surface area contributed by atoms with Crippen molar-refractivity contribution in [3.8, 4) is 0 Å². The molecule has 3 aromatic rings. The Morgan fingerprint density at radius 3 is 2.93 bits per heavy atom. The molecule has 1 fully saturated rings. The summed E-state index contributed by atoms with van der Waals surface area (Å²) in [4.78, 5) is 19.7. The first-order valence-electron chi connectivity index (χ1n) is 10.3. The quantitative estimate of drug-likeness (QED) is 0.736. The van der Waals surface area contributed by atoms with Gasteiger partial charge in [0.25, 0.3) is 0 Å². The van der Waals surface area contributed by atoms with Crippen molar-refractivity contribution in [2.75, 3.05) is 25.5 Å². The Balaban J connectivity index is 0.00000136. The first-order valence-corrected chi connectivity index (χ1v) is 10.3. The lowest BCUT2D eigenvalue weighted by atomic mass is 9.90. The summed E-state index contributed by atoms with van der Waals surface area (Å²) in [5.41, 5.74) is 5.65. The zero-order valence-corrected chi connectivity index (χ0v) is 16.6. The summed E-state index contributed by atoms with van der Waals surface area (Å²) in [6, 6.07) is 10.3. The number of rotatable bonds is 3. The maximum atomic E-state index is 12.6. The molecule has 2 aliphatic rings. The minimum atomic E-state index is 0. The lowest BCUT2D eigenvalue weighted by Gasteiger charge is -2.28. The van der Waals surface area contributed by atoms with E-state index in [2.05, 4.69) is 46.6 Å². The van der Waals surface area contributed by atoms with Gasteiger partial charge in [0.1, 0.15) is 5.82 Å². The molecule has 0 atom stereocenters. The van der Waals surface area contributed by atoms with E-state index in [4.69, 9.17) is 4.98 Å². The van der Waals surface area contributed by atoms with Crippen LogP contribution in [0.5, 0.6) is 0 Å². The average molecular weight is 392 g/mol. The molecule has 0 bridgehead atoms. The van der Waals surface area contributed by atoms with Crippen molar-refractivity contribution in [3.05, 3.63) is 65.6 Å². The summed E-state index contributed by atoms with van der Waals surface area (Å²) < 4.78 is 1.87. The number of hydrogen-bond donors (Lipinski definition) is 1. The monoisotopic (exact) mass is 391 g/mol. The summed E-state index contributed by atoms with van der Waals surface area (Å²) >= 11 is 0. The number of fused-ring (bicyclic) bond motifs is 2. The van der Waals surface area contributed by atoms with Crippen LogP contribution in [0.1, 0.15) is 38.9 Å². The van der Waals surface area contributed by atoms with Crippen LogP contribution in [0.3, 0.4) is 0 Å². The Morgan fingerprint density at radius 2 is 2.07 bits per heavy atom. The first-order chi connectivity index (χ1) is 14.2. The molecule has 1 aliphatic heterocycles. The molecule has 3 aromatic heterocycles. The normalized spacial score (nSPS) is 17.8. The number of carbonyl (C=O) groups excluding carboxylic acids is 1. The Morgan fingerprint density at radius 1 is 1.21 bits per heavy atom. The van der Waals surface area contributed by atoms with Crippen LogP contribution < -0.4 is 5.32 Å². The second-order valence-corrected chi connectivity index (χ2v) is 8.03. The van der Waals surface area contributed by atoms with E-state index in [0.717, 1.165) is 55.5 Å². The van der Waals surface area contributed by atoms with Gasteiger partial charge in [-0.05, 0) is 87.3 Å². The number of nitrogens with one attached hydrogen (secondary N) is 1. The highest BCUT2D eigenvalue weighted by molar-refractivity contribution is 5.92. The van der Waals surface area contributed by atoms with Crippen molar-refractivity contribution in [2.24, 2.45) is 5.92 Å². The number of nitrogens with zero attached hydrogens (tertiary/aromatic N) is 4. The highest BCUT2D eigenvalue weighted by atomic mass is 16.1. The van der Waals surface area contributed by atoms with Crippen molar-refractivity contribution in [2.45, 2.75) is 25.7 Å². The Hall–Kier alpha value is -2.99. The fraction of sp³-hybridized carbons (Fsp3) is 0.348. The number of pyridine rings is 2. The third-order valence-corrected chi connectivity index (χ3v) is 6.05. The first kappa shape index (κ1) is 18.1. The number of likely N-dealkylation sites (tertiary alicyclic amines) is 1. The molecule has 29 heavy (non-hydrogen) atoms. The van der Waals surface area contributed by atoms with Gasteiger partial charge in [-0.15, -0.1) is 0 Å². The molecule has 1 aliphatic carbocycles. The van der Waals surface area contributed by atoms with Gasteiger partial charge in [-0.2, -0.15) is 5.10 Å². The molecular formula is C23H29N5O. The molecule has 4 heterocycles. The molecule has 0 unspecified atom stereocenters. The molecule has 0 aromatic carbocycles. The van der Waals surface area contributed by atoms with Gasteiger partial charge in [-0.1, -0.05) is 6.08 Å². The Labute approximate surface area is 173 Å². The number of piperidine rings is 1. The van der Waals surface area contributed by atoms with Crippen LogP contribution in [-0.4, -0.2) is 45.5 Å². The number of amides is 1. The van der Waals surface area contributed by atoms with Crippen LogP contribution in [0, 0.1) is 5.92 Å². The van der Waals surface area contributed by atoms with E-state index in [9.17, 15) is 4.79 Å². The number of hydrogen-bond acceptors (Lipinski definition) is 4. The van der Waals surface area contributed by atoms with Crippen molar-refractivity contribution in [1.29, 1.82) is 0 Å². The van der Waals surface area contributed by atoms with Gasteiger partial charge >= 0.3 is 0 Å². The van der Waals surface area contributed by atoms with Gasteiger partial charge in [0, 0.05) is 26.7 Å². The predicted octanol–water partition coefficient (Wildman–Crippen LogP) is 3.88. The van der Waals surface area contributed by atoms with Crippen molar-refractivity contribution < 1.29 is 7.65 Å². The van der Waals surface area contributed by atoms with E-state index in [0.29, 0.717) is 5.82 Å². The van der Waals surface area contributed by atoms with E-state index < -0.39 is 0 Å². The number of anilines is 1. The highest BCUT2D eigenvalue weighted by Gasteiger charge is 2.24. The van der Waals surface area contributed by atoms with Crippen LogP contribution in [0.15, 0.2) is 48.8 Å². The van der Waals surface area contributed by atoms with Crippen LogP contribution >= 0.6 is 0 Å². The van der Waals surface area contributed by atoms with E-state index in [-0.39, 0.29) is 14.7 Å². The molecule has 6 heteroatoms.